The van der Waals surface area contributed by atoms with Gasteiger partial charge in [0.15, 0.2) is 0 Å². The van der Waals surface area contributed by atoms with Crippen molar-refractivity contribution in [3.8, 4) is 0 Å². The first-order valence-corrected chi connectivity index (χ1v) is 9.93. The Morgan fingerprint density at radius 1 is 0.769 bits per heavy atom. The van der Waals surface area contributed by atoms with E-state index in [-0.39, 0.29) is 29.5 Å². The Balaban J connectivity index is -0.000000772. The molecule has 0 N–H and O–H groups in total. The Bertz CT molecular complexity index is 330. The Labute approximate surface area is 177 Å². The molecule has 0 aliphatic carbocycles. The Kier molecular flexibility index (Phi) is 28.4. The summed E-state index contributed by atoms with van der Waals surface area (Å²) in [6.07, 6.45) is 17.7. The fourth-order valence-electron chi connectivity index (χ4n) is 2.59. The number of carbonyl (C=O) groups excluding carboxylic acids is 2. The number of hydrogen-bond acceptors (Lipinski definition) is 4. The maximum Gasteiger partial charge on any atom is 2.00 e. The SMILES string of the molecule is C=CC(=O)[O-].CC(C)CCCCCCCCCCCCCCC(=O)[O-].[Mg+2]. The molecule has 0 rings (SSSR count). The van der Waals surface area contributed by atoms with Crippen LogP contribution in [-0.4, -0.2) is 35.0 Å². The van der Waals surface area contributed by atoms with Gasteiger partial charge in [0.25, 0.3) is 0 Å². The first-order valence-electron chi connectivity index (χ1n) is 9.93. The van der Waals surface area contributed by atoms with Gasteiger partial charge in [-0.2, -0.15) is 0 Å². The topological polar surface area (TPSA) is 80.3 Å². The van der Waals surface area contributed by atoms with Gasteiger partial charge in [0.05, 0.1) is 5.97 Å². The summed E-state index contributed by atoms with van der Waals surface area (Å²) in [4.78, 5) is 19.4. The number of carboxylic acid groups (broad SMARTS) is 2. The number of carbonyl (C=O) groups is 2. The van der Waals surface area contributed by atoms with Crippen molar-refractivity contribution in [3.63, 3.8) is 0 Å². The van der Waals surface area contributed by atoms with Crippen LogP contribution in [0.3, 0.4) is 0 Å². The van der Waals surface area contributed by atoms with Crippen LogP contribution in [0.2, 0.25) is 0 Å². The van der Waals surface area contributed by atoms with Gasteiger partial charge in [0, 0.05) is 5.97 Å². The summed E-state index contributed by atoms with van der Waals surface area (Å²) in [6, 6.07) is 0. The first-order chi connectivity index (χ1) is 11.9. The van der Waals surface area contributed by atoms with E-state index in [0.29, 0.717) is 0 Å². The molecule has 0 aromatic heterocycles. The van der Waals surface area contributed by atoms with E-state index in [1.165, 1.54) is 70.6 Å². The summed E-state index contributed by atoms with van der Waals surface area (Å²) in [5.74, 6) is -1.27. The molecule has 4 nitrogen and oxygen atoms in total. The number of rotatable bonds is 16. The molecule has 0 aliphatic heterocycles. The Hall–Kier alpha value is -0.554. The van der Waals surface area contributed by atoms with E-state index in [0.717, 1.165) is 24.8 Å². The summed E-state index contributed by atoms with van der Waals surface area (Å²) in [6.45, 7) is 7.51. The first kappa shape index (κ1) is 30.2. The Morgan fingerprint density at radius 3 is 1.35 bits per heavy atom. The van der Waals surface area contributed by atoms with Crippen LogP contribution in [0.5, 0.6) is 0 Å². The minimum atomic E-state index is -1.23. The van der Waals surface area contributed by atoms with Crippen LogP contribution in [0, 0.1) is 5.92 Å². The number of carboxylic acids is 2. The quantitative estimate of drug-likeness (QED) is 0.234. The molecule has 0 heterocycles. The molecule has 0 atom stereocenters. The number of unbranched alkanes of at least 4 members (excludes halogenated alkanes) is 11. The third-order valence-corrected chi connectivity index (χ3v) is 4.08. The summed E-state index contributed by atoms with van der Waals surface area (Å²) >= 11 is 0. The number of aliphatic carboxylic acids is 2. The largest absolute Gasteiger partial charge is 2.00 e. The molecule has 5 heteroatoms. The van der Waals surface area contributed by atoms with Crippen molar-refractivity contribution in [1.82, 2.24) is 0 Å². The van der Waals surface area contributed by atoms with Crippen molar-refractivity contribution in [2.75, 3.05) is 0 Å². The van der Waals surface area contributed by atoms with Crippen LogP contribution in [0.1, 0.15) is 104 Å². The molecule has 26 heavy (non-hydrogen) atoms. The van der Waals surface area contributed by atoms with Gasteiger partial charge >= 0.3 is 23.1 Å². The summed E-state index contributed by atoms with van der Waals surface area (Å²) in [5, 5.41) is 19.4. The van der Waals surface area contributed by atoms with Crippen LogP contribution in [-0.2, 0) is 9.59 Å². The molecule has 0 amide bonds. The molecule has 0 saturated carbocycles. The van der Waals surface area contributed by atoms with Gasteiger partial charge in [-0.15, -0.1) is 0 Å². The Morgan fingerprint density at radius 2 is 1.08 bits per heavy atom. The molecule has 0 aliphatic rings. The number of hydrogen-bond donors (Lipinski definition) is 0. The molecule has 148 valence electrons. The van der Waals surface area contributed by atoms with Crippen LogP contribution >= 0.6 is 0 Å². The van der Waals surface area contributed by atoms with Crippen molar-refractivity contribution in [3.05, 3.63) is 12.7 Å². The van der Waals surface area contributed by atoms with Crippen LogP contribution < -0.4 is 10.2 Å². The van der Waals surface area contributed by atoms with Gasteiger partial charge in [-0.3, -0.25) is 0 Å². The van der Waals surface area contributed by atoms with Gasteiger partial charge in [0.2, 0.25) is 0 Å². The molecule has 0 unspecified atom stereocenters. The average molecular weight is 379 g/mol. The second kappa shape index (κ2) is 24.4. The summed E-state index contributed by atoms with van der Waals surface area (Å²) in [5.41, 5.74) is 0. The maximum atomic E-state index is 10.2. The normalized spacial score (nSPS) is 9.81. The molecular weight excluding hydrogens is 341 g/mol. The van der Waals surface area contributed by atoms with E-state index in [4.69, 9.17) is 9.90 Å². The third kappa shape index (κ3) is 34.7. The van der Waals surface area contributed by atoms with Gasteiger partial charge in [-0.1, -0.05) is 97.5 Å². The van der Waals surface area contributed by atoms with Crippen molar-refractivity contribution >= 4 is 35.0 Å². The molecular formula is C21H38MgO4. The zero-order valence-corrected chi connectivity index (χ0v) is 18.5. The molecule has 0 aromatic rings. The second-order valence-corrected chi connectivity index (χ2v) is 7.07. The fourth-order valence-corrected chi connectivity index (χ4v) is 2.59. The van der Waals surface area contributed by atoms with Crippen molar-refractivity contribution in [1.29, 1.82) is 0 Å². The molecule has 0 bridgehead atoms. The molecule has 0 saturated heterocycles. The minimum Gasteiger partial charge on any atom is -0.550 e. The molecule has 0 spiro atoms. The van der Waals surface area contributed by atoms with Gasteiger partial charge < -0.3 is 19.8 Å². The summed E-state index contributed by atoms with van der Waals surface area (Å²) < 4.78 is 0. The fraction of sp³-hybridized carbons (Fsp3) is 0.810. The van der Waals surface area contributed by atoms with E-state index in [1.54, 1.807) is 0 Å². The predicted molar refractivity (Wildman–Crippen MR) is 105 cm³/mol. The van der Waals surface area contributed by atoms with Crippen LogP contribution in [0.4, 0.5) is 0 Å². The van der Waals surface area contributed by atoms with E-state index >= 15 is 0 Å². The van der Waals surface area contributed by atoms with Crippen molar-refractivity contribution in [2.24, 2.45) is 5.92 Å². The van der Waals surface area contributed by atoms with Gasteiger partial charge in [-0.25, -0.2) is 0 Å². The second-order valence-electron chi connectivity index (χ2n) is 7.07. The standard InChI is InChI=1S/C18H36O2.C3H4O2.Mg/c1-17(2)15-13-11-9-7-5-3-4-6-8-10-12-14-16-18(19)20;1-2-3(4)5;/h17H,3-16H2,1-2H3,(H,19,20);2H,1H2,(H,4,5);/q;;+2/p-2. The monoisotopic (exact) mass is 378 g/mol. The van der Waals surface area contributed by atoms with E-state index < -0.39 is 11.9 Å². The predicted octanol–water partition coefficient (Wildman–Crippen LogP) is 3.40. The smallest absolute Gasteiger partial charge is 0.550 e. The molecule has 0 radical (unpaired) electrons. The third-order valence-electron chi connectivity index (χ3n) is 4.08. The summed E-state index contributed by atoms with van der Waals surface area (Å²) in [7, 11) is 0. The van der Waals surface area contributed by atoms with Crippen LogP contribution in [0.25, 0.3) is 0 Å². The van der Waals surface area contributed by atoms with Gasteiger partial charge in [0.1, 0.15) is 0 Å². The zero-order chi connectivity index (χ0) is 19.3. The molecule has 0 fully saturated rings. The van der Waals surface area contributed by atoms with Gasteiger partial charge in [-0.05, 0) is 24.8 Å². The van der Waals surface area contributed by atoms with Crippen molar-refractivity contribution < 1.29 is 19.8 Å². The van der Waals surface area contributed by atoms with Crippen molar-refractivity contribution in [2.45, 2.75) is 104 Å². The van der Waals surface area contributed by atoms with E-state index in [1.807, 2.05) is 0 Å². The minimum absolute atomic E-state index is 0. The molecule has 0 aromatic carbocycles. The maximum absolute atomic E-state index is 10.2. The average Bonchev–Trinajstić information content (AvgIpc) is 2.55. The van der Waals surface area contributed by atoms with E-state index in [9.17, 15) is 9.90 Å². The van der Waals surface area contributed by atoms with Crippen LogP contribution in [0.15, 0.2) is 12.7 Å². The zero-order valence-electron chi connectivity index (χ0n) is 17.1. The van der Waals surface area contributed by atoms with E-state index in [2.05, 4.69) is 20.4 Å².